The molecule has 0 fully saturated rings. The average Bonchev–Trinajstić information content (AvgIpc) is 2.45. The van der Waals surface area contributed by atoms with Gasteiger partial charge in [0, 0.05) is 17.3 Å². The van der Waals surface area contributed by atoms with Crippen molar-refractivity contribution in [1.29, 1.82) is 0 Å². The van der Waals surface area contributed by atoms with Crippen molar-refractivity contribution >= 4 is 0 Å². The molecule has 0 aliphatic heterocycles. The highest BCUT2D eigenvalue weighted by molar-refractivity contribution is 5.31. The number of aromatic amines is 1. The first-order valence-corrected chi connectivity index (χ1v) is 7.47. The summed E-state index contributed by atoms with van der Waals surface area (Å²) < 4.78 is 0. The molecule has 0 amide bonds. The Balaban J connectivity index is 3.54. The highest BCUT2D eigenvalue weighted by atomic mass is 16.1. The van der Waals surface area contributed by atoms with Crippen LogP contribution >= 0.6 is 0 Å². The van der Waals surface area contributed by atoms with Crippen LogP contribution in [0.4, 0.5) is 0 Å². The van der Waals surface area contributed by atoms with E-state index in [4.69, 9.17) is 0 Å². The van der Waals surface area contributed by atoms with Gasteiger partial charge in [-0.05, 0) is 36.7 Å². The smallest absolute Gasteiger partial charge is 0.309 e. The zero-order chi connectivity index (χ0) is 14.7. The fraction of sp³-hybridized carbons (Fsp3) is 0.750. The fourth-order valence-electron chi connectivity index (χ4n) is 2.56. The van der Waals surface area contributed by atoms with E-state index in [0.29, 0.717) is 0 Å². The lowest BCUT2D eigenvalue weighted by Crippen LogP contribution is -2.33. The Hall–Kier alpha value is -1.12. The van der Waals surface area contributed by atoms with Gasteiger partial charge in [0.1, 0.15) is 0 Å². The molecule has 0 aliphatic carbocycles. The average molecular weight is 264 g/mol. The Morgan fingerprint density at radius 1 is 1.00 bits per heavy atom. The van der Waals surface area contributed by atoms with Gasteiger partial charge in [0.25, 0.3) is 0 Å². The summed E-state index contributed by atoms with van der Waals surface area (Å²) in [6.07, 6.45) is 5.92. The van der Waals surface area contributed by atoms with Crippen LogP contribution in [0.25, 0.3) is 0 Å². The quantitative estimate of drug-likeness (QED) is 0.846. The van der Waals surface area contributed by atoms with Crippen LogP contribution in [0, 0.1) is 0 Å². The number of nitrogens with one attached hydrogen (secondary N) is 1. The lowest BCUT2D eigenvalue weighted by Gasteiger charge is -2.35. The first kappa shape index (κ1) is 15.9. The maximum Gasteiger partial charge on any atom is 0.345 e. The topological polar surface area (TPSA) is 45.8 Å². The first-order chi connectivity index (χ1) is 8.86. The highest BCUT2D eigenvalue weighted by Gasteiger charge is 2.33. The molecule has 3 nitrogen and oxygen atoms in total. The number of aromatic nitrogens is 2. The normalized spacial score (nSPS) is 12.7. The lowest BCUT2D eigenvalue weighted by molar-refractivity contribution is 0.380. The number of hydrogen-bond donors (Lipinski definition) is 1. The minimum atomic E-state index is -0.235. The molecule has 108 valence electrons. The third kappa shape index (κ3) is 2.90. The lowest BCUT2D eigenvalue weighted by atomic mass is 9.71. The minimum Gasteiger partial charge on any atom is -0.309 e. The van der Waals surface area contributed by atoms with Crippen LogP contribution in [-0.4, -0.2) is 9.97 Å². The predicted molar refractivity (Wildman–Crippen MR) is 80.7 cm³/mol. The molecule has 0 saturated carbocycles. The zero-order valence-electron chi connectivity index (χ0n) is 13.3. The van der Waals surface area contributed by atoms with Gasteiger partial charge >= 0.3 is 5.69 Å². The van der Waals surface area contributed by atoms with Crippen molar-refractivity contribution in [1.82, 2.24) is 9.97 Å². The second-order valence-corrected chi connectivity index (χ2v) is 6.01. The van der Waals surface area contributed by atoms with Crippen LogP contribution in [0.3, 0.4) is 0 Å². The van der Waals surface area contributed by atoms with Gasteiger partial charge in [-0.2, -0.15) is 0 Å². The van der Waals surface area contributed by atoms with Crippen LogP contribution in [0.1, 0.15) is 78.5 Å². The van der Waals surface area contributed by atoms with Crippen molar-refractivity contribution in [2.24, 2.45) is 0 Å². The Morgan fingerprint density at radius 3 is 1.89 bits per heavy atom. The molecule has 19 heavy (non-hydrogen) atoms. The molecule has 1 aromatic rings. The van der Waals surface area contributed by atoms with E-state index in [2.05, 4.69) is 51.5 Å². The monoisotopic (exact) mass is 264 g/mol. The maximum absolute atomic E-state index is 11.7. The summed E-state index contributed by atoms with van der Waals surface area (Å²) >= 11 is 0. The molecule has 0 saturated heterocycles. The SMILES string of the molecule is CCC(C)(CC)c1cnc(=O)[nH]c1C(C)(CC)CC. The van der Waals surface area contributed by atoms with Crippen molar-refractivity contribution in [2.45, 2.75) is 78.1 Å². The Bertz CT molecular complexity index is 468. The summed E-state index contributed by atoms with van der Waals surface area (Å²) in [5.74, 6) is 0. The number of H-pyrrole nitrogens is 1. The maximum atomic E-state index is 11.7. The Morgan fingerprint density at radius 2 is 1.47 bits per heavy atom. The number of nitrogens with zero attached hydrogens (tertiary/aromatic N) is 1. The fourth-order valence-corrected chi connectivity index (χ4v) is 2.56. The van der Waals surface area contributed by atoms with Crippen molar-refractivity contribution in [3.8, 4) is 0 Å². The summed E-state index contributed by atoms with van der Waals surface area (Å²) in [5, 5.41) is 0. The Labute approximate surface area is 116 Å². The van der Waals surface area contributed by atoms with E-state index in [1.54, 1.807) is 6.20 Å². The first-order valence-electron chi connectivity index (χ1n) is 7.47. The summed E-state index contributed by atoms with van der Waals surface area (Å²) in [5.41, 5.74) is 2.16. The second-order valence-electron chi connectivity index (χ2n) is 6.01. The molecule has 1 aromatic heterocycles. The van der Waals surface area contributed by atoms with Gasteiger partial charge in [-0.1, -0.05) is 41.5 Å². The van der Waals surface area contributed by atoms with E-state index >= 15 is 0 Å². The van der Waals surface area contributed by atoms with E-state index in [0.717, 1.165) is 31.4 Å². The number of rotatable bonds is 6. The molecule has 0 unspecified atom stereocenters. The highest BCUT2D eigenvalue weighted by Crippen LogP contribution is 2.39. The Kier molecular flexibility index (Phi) is 4.94. The summed E-state index contributed by atoms with van der Waals surface area (Å²) in [6.45, 7) is 13.3. The standard InChI is InChI=1S/C16H28N2O/c1-7-15(5,8-2)12-11-17-14(19)18-13(12)16(6,9-3)10-4/h11H,7-10H2,1-6H3,(H,17,18,19). The van der Waals surface area contributed by atoms with Gasteiger partial charge in [-0.25, -0.2) is 9.78 Å². The van der Waals surface area contributed by atoms with Crippen LogP contribution in [0.5, 0.6) is 0 Å². The summed E-state index contributed by atoms with van der Waals surface area (Å²) in [6, 6.07) is 0. The molecule has 0 atom stereocenters. The van der Waals surface area contributed by atoms with Crippen molar-refractivity contribution in [3.05, 3.63) is 27.9 Å². The van der Waals surface area contributed by atoms with Crippen molar-refractivity contribution in [2.75, 3.05) is 0 Å². The van der Waals surface area contributed by atoms with Crippen molar-refractivity contribution in [3.63, 3.8) is 0 Å². The van der Waals surface area contributed by atoms with Crippen LogP contribution in [0.2, 0.25) is 0 Å². The predicted octanol–water partition coefficient (Wildman–Crippen LogP) is 3.93. The zero-order valence-corrected chi connectivity index (χ0v) is 13.3. The van der Waals surface area contributed by atoms with Gasteiger partial charge in [0.2, 0.25) is 0 Å². The molecule has 3 heteroatoms. The van der Waals surface area contributed by atoms with E-state index in [-0.39, 0.29) is 16.5 Å². The molecule has 1 rings (SSSR count). The van der Waals surface area contributed by atoms with Gasteiger partial charge in [-0.3, -0.25) is 0 Å². The summed E-state index contributed by atoms with van der Waals surface area (Å²) in [7, 11) is 0. The summed E-state index contributed by atoms with van der Waals surface area (Å²) in [4.78, 5) is 18.7. The van der Waals surface area contributed by atoms with Crippen molar-refractivity contribution < 1.29 is 0 Å². The third-order valence-electron chi connectivity index (χ3n) is 5.19. The molecular formula is C16H28N2O. The third-order valence-corrected chi connectivity index (χ3v) is 5.19. The van der Waals surface area contributed by atoms with Gasteiger partial charge < -0.3 is 4.98 Å². The van der Waals surface area contributed by atoms with E-state index in [9.17, 15) is 4.79 Å². The molecule has 1 heterocycles. The molecule has 0 aliphatic rings. The van der Waals surface area contributed by atoms with Crippen LogP contribution < -0.4 is 5.69 Å². The van der Waals surface area contributed by atoms with Gasteiger partial charge in [0.05, 0.1) is 0 Å². The molecular weight excluding hydrogens is 236 g/mol. The largest absolute Gasteiger partial charge is 0.345 e. The van der Waals surface area contributed by atoms with Gasteiger partial charge in [0.15, 0.2) is 0 Å². The molecule has 0 bridgehead atoms. The van der Waals surface area contributed by atoms with Crippen LogP contribution in [0.15, 0.2) is 11.0 Å². The molecule has 1 N–H and O–H groups in total. The minimum absolute atomic E-state index is 0.0169. The molecule has 0 aromatic carbocycles. The van der Waals surface area contributed by atoms with E-state index in [1.165, 1.54) is 5.56 Å². The molecule has 0 radical (unpaired) electrons. The van der Waals surface area contributed by atoms with E-state index in [1.807, 2.05) is 0 Å². The number of hydrogen-bond acceptors (Lipinski definition) is 2. The molecule has 0 spiro atoms. The van der Waals surface area contributed by atoms with Crippen LogP contribution in [-0.2, 0) is 10.8 Å². The second kappa shape index (κ2) is 5.89. The van der Waals surface area contributed by atoms with Gasteiger partial charge in [-0.15, -0.1) is 0 Å². The van der Waals surface area contributed by atoms with E-state index < -0.39 is 0 Å².